The van der Waals surface area contributed by atoms with Gasteiger partial charge in [-0.15, -0.1) is 0 Å². The molecule has 1 unspecified atom stereocenters. The Labute approximate surface area is 89.7 Å². The molecule has 5 nitrogen and oxygen atoms in total. The van der Waals surface area contributed by atoms with Crippen LogP contribution in [-0.4, -0.2) is 59.0 Å². The van der Waals surface area contributed by atoms with Gasteiger partial charge in [-0.25, -0.2) is 0 Å². The van der Waals surface area contributed by atoms with E-state index in [0.717, 1.165) is 0 Å². The smallest absolute Gasteiger partial charge is 0.242 e. The molecule has 1 heterocycles. The van der Waals surface area contributed by atoms with Gasteiger partial charge in [0.05, 0.1) is 12.6 Å². The van der Waals surface area contributed by atoms with E-state index < -0.39 is 6.10 Å². The monoisotopic (exact) mass is 214 g/mol. The lowest BCUT2D eigenvalue weighted by Gasteiger charge is -2.21. The Morgan fingerprint density at radius 3 is 2.53 bits per heavy atom. The van der Waals surface area contributed by atoms with Gasteiger partial charge in [-0.2, -0.15) is 0 Å². The lowest BCUT2D eigenvalue weighted by atomic mass is 10.3. The second-order valence-corrected chi connectivity index (χ2v) is 3.85. The number of aliphatic hydroxyl groups is 1. The van der Waals surface area contributed by atoms with Crippen LogP contribution in [0.3, 0.4) is 0 Å². The van der Waals surface area contributed by atoms with Crippen molar-refractivity contribution >= 4 is 11.8 Å². The van der Waals surface area contributed by atoms with Crippen LogP contribution in [0.5, 0.6) is 0 Å². The maximum Gasteiger partial charge on any atom is 0.242 e. The van der Waals surface area contributed by atoms with E-state index in [1.54, 1.807) is 11.8 Å². The second kappa shape index (κ2) is 5.11. The van der Waals surface area contributed by atoms with Gasteiger partial charge in [0.2, 0.25) is 11.8 Å². The first-order chi connectivity index (χ1) is 7.04. The number of carbonyl (C=O) groups is 2. The SMILES string of the molecule is CCN1CCC(=O)N(CC(C)O)CC1=O. The molecule has 86 valence electrons. The van der Waals surface area contributed by atoms with E-state index in [-0.39, 0.29) is 24.9 Å². The van der Waals surface area contributed by atoms with Gasteiger partial charge < -0.3 is 14.9 Å². The molecule has 15 heavy (non-hydrogen) atoms. The molecule has 0 aromatic heterocycles. The van der Waals surface area contributed by atoms with Crippen molar-refractivity contribution in [3.05, 3.63) is 0 Å². The number of hydrogen-bond acceptors (Lipinski definition) is 3. The molecule has 0 spiro atoms. The van der Waals surface area contributed by atoms with Crippen LogP contribution in [0.2, 0.25) is 0 Å². The first kappa shape index (κ1) is 12.0. The molecule has 1 atom stereocenters. The third-order valence-electron chi connectivity index (χ3n) is 2.49. The Hall–Kier alpha value is -1.10. The first-order valence-corrected chi connectivity index (χ1v) is 5.28. The molecule has 1 N–H and O–H groups in total. The molecule has 0 bridgehead atoms. The number of β-amino-alcohol motifs (C(OH)–C–C–N with tert-alkyl or cyclic N) is 1. The highest BCUT2D eigenvalue weighted by Gasteiger charge is 2.25. The number of likely N-dealkylation sites (N-methyl/N-ethyl adjacent to an activating group) is 1. The van der Waals surface area contributed by atoms with E-state index in [9.17, 15) is 14.7 Å². The molecule has 1 aliphatic rings. The fourth-order valence-electron chi connectivity index (χ4n) is 1.68. The second-order valence-electron chi connectivity index (χ2n) is 3.85. The zero-order chi connectivity index (χ0) is 11.4. The third kappa shape index (κ3) is 3.20. The summed E-state index contributed by atoms with van der Waals surface area (Å²) in [7, 11) is 0. The standard InChI is InChI=1S/C10H18N2O3/c1-3-11-5-4-9(14)12(6-8(2)13)7-10(11)15/h8,13H,3-7H2,1-2H3. The molecule has 2 amide bonds. The van der Waals surface area contributed by atoms with Gasteiger partial charge in [-0.05, 0) is 13.8 Å². The van der Waals surface area contributed by atoms with Crippen LogP contribution in [0.25, 0.3) is 0 Å². The van der Waals surface area contributed by atoms with Gasteiger partial charge in [0.15, 0.2) is 0 Å². The predicted molar refractivity (Wildman–Crippen MR) is 55.1 cm³/mol. The van der Waals surface area contributed by atoms with E-state index in [4.69, 9.17) is 0 Å². The van der Waals surface area contributed by atoms with Crippen molar-refractivity contribution < 1.29 is 14.7 Å². The number of carbonyl (C=O) groups excluding carboxylic acids is 2. The quantitative estimate of drug-likeness (QED) is 0.685. The molecular formula is C10H18N2O3. The van der Waals surface area contributed by atoms with Gasteiger partial charge in [-0.3, -0.25) is 9.59 Å². The van der Waals surface area contributed by atoms with Crippen molar-refractivity contribution in [1.29, 1.82) is 0 Å². The molecule has 0 radical (unpaired) electrons. The largest absolute Gasteiger partial charge is 0.392 e. The lowest BCUT2D eigenvalue weighted by Crippen LogP contribution is -2.40. The van der Waals surface area contributed by atoms with Crippen molar-refractivity contribution in [2.45, 2.75) is 26.4 Å². The van der Waals surface area contributed by atoms with E-state index >= 15 is 0 Å². The van der Waals surface area contributed by atoms with Crippen molar-refractivity contribution in [1.82, 2.24) is 9.80 Å². The molecule has 5 heteroatoms. The Bertz CT molecular complexity index is 253. The summed E-state index contributed by atoms with van der Waals surface area (Å²) in [6, 6.07) is 0. The van der Waals surface area contributed by atoms with E-state index in [0.29, 0.717) is 19.5 Å². The average molecular weight is 214 g/mol. The Morgan fingerprint density at radius 1 is 1.33 bits per heavy atom. The van der Waals surface area contributed by atoms with Gasteiger partial charge in [0.1, 0.15) is 0 Å². The fraction of sp³-hybridized carbons (Fsp3) is 0.800. The highest BCUT2D eigenvalue weighted by Crippen LogP contribution is 2.06. The molecular weight excluding hydrogens is 196 g/mol. The zero-order valence-corrected chi connectivity index (χ0v) is 9.27. The van der Waals surface area contributed by atoms with Gasteiger partial charge in [0, 0.05) is 26.1 Å². The molecule has 0 saturated carbocycles. The minimum Gasteiger partial charge on any atom is -0.392 e. The fourth-order valence-corrected chi connectivity index (χ4v) is 1.68. The van der Waals surface area contributed by atoms with Crippen LogP contribution >= 0.6 is 0 Å². The number of hydrogen-bond donors (Lipinski definition) is 1. The van der Waals surface area contributed by atoms with Gasteiger partial charge in [-0.1, -0.05) is 0 Å². The van der Waals surface area contributed by atoms with Crippen LogP contribution < -0.4 is 0 Å². The van der Waals surface area contributed by atoms with E-state index in [1.807, 2.05) is 6.92 Å². The number of aliphatic hydroxyl groups excluding tert-OH is 1. The normalized spacial score (nSPS) is 20.5. The summed E-state index contributed by atoms with van der Waals surface area (Å²) >= 11 is 0. The van der Waals surface area contributed by atoms with Gasteiger partial charge >= 0.3 is 0 Å². The summed E-state index contributed by atoms with van der Waals surface area (Å²) in [6.07, 6.45) is -0.235. The van der Waals surface area contributed by atoms with Crippen LogP contribution in [0.1, 0.15) is 20.3 Å². The summed E-state index contributed by atoms with van der Waals surface area (Å²) in [5, 5.41) is 9.20. The maximum absolute atomic E-state index is 11.6. The molecule has 0 aromatic carbocycles. The highest BCUT2D eigenvalue weighted by atomic mass is 16.3. The summed E-state index contributed by atoms with van der Waals surface area (Å²) in [5.74, 6) is -0.0933. The van der Waals surface area contributed by atoms with Crippen molar-refractivity contribution in [2.24, 2.45) is 0 Å². The third-order valence-corrected chi connectivity index (χ3v) is 2.49. The molecule has 0 aromatic rings. The molecule has 1 fully saturated rings. The van der Waals surface area contributed by atoms with E-state index in [1.165, 1.54) is 4.90 Å². The minimum absolute atomic E-state index is 0.0380. The summed E-state index contributed by atoms with van der Waals surface area (Å²) in [6.45, 7) is 4.96. The molecule has 1 aliphatic heterocycles. The summed E-state index contributed by atoms with van der Waals surface area (Å²) in [5.41, 5.74) is 0. The average Bonchev–Trinajstić information content (AvgIpc) is 2.27. The molecule has 0 aliphatic carbocycles. The number of rotatable bonds is 3. The minimum atomic E-state index is -0.588. The van der Waals surface area contributed by atoms with Crippen LogP contribution in [-0.2, 0) is 9.59 Å². The zero-order valence-electron chi connectivity index (χ0n) is 9.27. The predicted octanol–water partition coefficient (Wildman–Crippen LogP) is -0.552. The molecule has 1 saturated heterocycles. The Kier molecular flexibility index (Phi) is 4.08. The highest BCUT2D eigenvalue weighted by molar-refractivity contribution is 5.87. The van der Waals surface area contributed by atoms with Crippen LogP contribution in [0.15, 0.2) is 0 Å². The van der Waals surface area contributed by atoms with Crippen molar-refractivity contribution in [2.75, 3.05) is 26.2 Å². The van der Waals surface area contributed by atoms with Crippen LogP contribution in [0, 0.1) is 0 Å². The number of nitrogens with zero attached hydrogens (tertiary/aromatic N) is 2. The summed E-state index contributed by atoms with van der Waals surface area (Å²) < 4.78 is 0. The Morgan fingerprint density at radius 2 is 2.00 bits per heavy atom. The first-order valence-electron chi connectivity index (χ1n) is 5.28. The van der Waals surface area contributed by atoms with Crippen LogP contribution in [0.4, 0.5) is 0 Å². The van der Waals surface area contributed by atoms with E-state index in [2.05, 4.69) is 0 Å². The van der Waals surface area contributed by atoms with Crippen molar-refractivity contribution in [3.8, 4) is 0 Å². The topological polar surface area (TPSA) is 60.9 Å². The molecule has 1 rings (SSSR count). The lowest BCUT2D eigenvalue weighted by molar-refractivity contribution is -0.137. The number of amides is 2. The summed E-state index contributed by atoms with van der Waals surface area (Å²) in [4.78, 5) is 26.3. The van der Waals surface area contributed by atoms with Gasteiger partial charge in [0.25, 0.3) is 0 Å². The Balaban J connectivity index is 2.65. The maximum atomic E-state index is 11.6. The van der Waals surface area contributed by atoms with Crippen molar-refractivity contribution in [3.63, 3.8) is 0 Å².